The minimum absolute atomic E-state index is 0.00796. The first-order valence-electron chi connectivity index (χ1n) is 16.1. The number of ketones is 2. The highest BCUT2D eigenvalue weighted by Gasteiger charge is 2.75. The Bertz CT molecular complexity index is 1610. The molecular weight excluding hydrogens is 574 g/mol. The number of carbonyl (C=O) groups excluding carboxylic acids is 2. The van der Waals surface area contributed by atoms with Crippen LogP contribution in [0.5, 0.6) is 0 Å². The molecule has 5 unspecified atom stereocenters. The number of fused-ring (bicyclic) bond motifs is 8. The van der Waals surface area contributed by atoms with E-state index < -0.39 is 23.4 Å². The summed E-state index contributed by atoms with van der Waals surface area (Å²) in [6.45, 7) is 6.92. The average Bonchev–Trinajstić information content (AvgIpc) is 3.62. The second-order valence-corrected chi connectivity index (χ2v) is 14.7. The number of rotatable bonds is 8. The Hall–Kier alpha value is -2.77. The van der Waals surface area contributed by atoms with Crippen LogP contribution in [0.15, 0.2) is 53.2 Å². The van der Waals surface area contributed by atoms with E-state index in [0.717, 1.165) is 42.3 Å². The maximum Gasteiger partial charge on any atom is 0.178 e. The lowest BCUT2D eigenvalue weighted by Crippen LogP contribution is -2.63. The monoisotopic (exact) mass is 615 g/mol. The molecule has 5 aliphatic rings. The number of benzene rings is 1. The normalized spacial score (nSPS) is 38.9. The van der Waals surface area contributed by atoms with Gasteiger partial charge in [-0.3, -0.25) is 9.59 Å². The third-order valence-electron chi connectivity index (χ3n) is 11.6. The number of Topliss-reactive ketones (excluding diaryl/α,β-unsaturated/α-hetero) is 1. The van der Waals surface area contributed by atoms with Gasteiger partial charge in [0.25, 0.3) is 0 Å². The van der Waals surface area contributed by atoms with Crippen LogP contribution in [0.3, 0.4) is 0 Å². The van der Waals surface area contributed by atoms with E-state index in [1.807, 2.05) is 34.9 Å². The SMILES string of the molecule is CCC[C@@H]1O[C@@H]2CC3C4CCC5=CC(=O)C=CC5(C)C4[C@@H](O)CC3(C)[C@]2(C(=O)CSc2nc3ccccc3n2CCC#N)O1. The minimum Gasteiger partial charge on any atom is -0.393 e. The van der Waals surface area contributed by atoms with Crippen LogP contribution < -0.4 is 0 Å². The van der Waals surface area contributed by atoms with Crippen LogP contribution in [0.25, 0.3) is 11.0 Å². The molecule has 7 rings (SSSR count). The van der Waals surface area contributed by atoms with Gasteiger partial charge < -0.3 is 19.1 Å². The van der Waals surface area contributed by atoms with Crippen molar-refractivity contribution in [2.45, 2.75) is 102 Å². The molecule has 0 radical (unpaired) electrons. The van der Waals surface area contributed by atoms with E-state index in [2.05, 4.69) is 26.8 Å². The van der Waals surface area contributed by atoms with Crippen molar-refractivity contribution >= 4 is 34.4 Å². The number of aliphatic hydroxyl groups is 1. The summed E-state index contributed by atoms with van der Waals surface area (Å²) in [5.74, 6) is 0.466. The molecule has 1 saturated heterocycles. The predicted molar refractivity (Wildman–Crippen MR) is 166 cm³/mol. The van der Waals surface area contributed by atoms with Crippen LogP contribution in [-0.4, -0.2) is 56.1 Å². The lowest BCUT2D eigenvalue weighted by molar-refractivity contribution is -0.197. The molecule has 0 bridgehead atoms. The third kappa shape index (κ3) is 4.24. The van der Waals surface area contributed by atoms with Crippen molar-refractivity contribution in [3.8, 4) is 6.07 Å². The second-order valence-electron chi connectivity index (χ2n) is 13.8. The van der Waals surface area contributed by atoms with Crippen molar-refractivity contribution in [1.82, 2.24) is 9.55 Å². The number of para-hydroxylation sites is 2. The number of thioether (sulfide) groups is 1. The molecule has 8 nitrogen and oxygen atoms in total. The summed E-state index contributed by atoms with van der Waals surface area (Å²) < 4.78 is 15.4. The number of nitriles is 1. The molecule has 1 N–H and O–H groups in total. The van der Waals surface area contributed by atoms with Gasteiger partial charge in [-0.1, -0.05) is 62.7 Å². The van der Waals surface area contributed by atoms with E-state index in [0.29, 0.717) is 31.0 Å². The fraction of sp³-hybridized carbons (Fsp3) is 0.600. The Morgan fingerprint density at radius 3 is 2.91 bits per heavy atom. The van der Waals surface area contributed by atoms with Gasteiger partial charge in [0.2, 0.25) is 0 Å². The maximum absolute atomic E-state index is 14.7. The zero-order valence-electron chi connectivity index (χ0n) is 25.7. The molecule has 9 atom stereocenters. The molecule has 9 heteroatoms. The Morgan fingerprint density at radius 2 is 2.11 bits per heavy atom. The van der Waals surface area contributed by atoms with Crippen LogP contribution in [-0.2, 0) is 25.6 Å². The number of hydrogen-bond donors (Lipinski definition) is 1. The highest BCUT2D eigenvalue weighted by Crippen LogP contribution is 2.69. The lowest BCUT2D eigenvalue weighted by atomic mass is 9.46. The number of ether oxygens (including phenoxy) is 2. The zero-order valence-corrected chi connectivity index (χ0v) is 26.5. The summed E-state index contributed by atoms with van der Waals surface area (Å²) in [4.78, 5) is 31.8. The maximum atomic E-state index is 14.7. The quantitative estimate of drug-likeness (QED) is 0.372. The van der Waals surface area contributed by atoms with Gasteiger partial charge in [0.1, 0.15) is 0 Å². The zero-order chi connectivity index (χ0) is 30.9. The molecule has 2 heterocycles. The van der Waals surface area contributed by atoms with Crippen LogP contribution in [0.1, 0.15) is 65.7 Å². The number of aryl methyl sites for hydroxylation is 1. The predicted octanol–water partition coefficient (Wildman–Crippen LogP) is 5.78. The van der Waals surface area contributed by atoms with Gasteiger partial charge in [-0.05, 0) is 68.2 Å². The minimum atomic E-state index is -1.16. The van der Waals surface area contributed by atoms with Gasteiger partial charge >= 0.3 is 0 Å². The summed E-state index contributed by atoms with van der Waals surface area (Å²) in [5.41, 5.74) is 0.762. The second kappa shape index (κ2) is 10.9. The highest BCUT2D eigenvalue weighted by atomic mass is 32.2. The lowest BCUT2D eigenvalue weighted by Gasteiger charge is -2.59. The Kier molecular flexibility index (Phi) is 7.44. The average molecular weight is 616 g/mol. The van der Waals surface area contributed by atoms with Crippen molar-refractivity contribution in [1.29, 1.82) is 5.26 Å². The number of imidazole rings is 1. The molecule has 232 valence electrons. The van der Waals surface area contributed by atoms with Crippen LogP contribution in [0, 0.1) is 39.9 Å². The topological polar surface area (TPSA) is 114 Å². The molecule has 1 aromatic carbocycles. The number of carbonyl (C=O) groups is 2. The largest absolute Gasteiger partial charge is 0.393 e. The summed E-state index contributed by atoms with van der Waals surface area (Å²) in [6.07, 6.45) is 8.77. The Morgan fingerprint density at radius 1 is 1.30 bits per heavy atom. The Labute approximate surface area is 262 Å². The summed E-state index contributed by atoms with van der Waals surface area (Å²) in [7, 11) is 0. The number of aliphatic hydroxyl groups excluding tert-OH is 1. The van der Waals surface area contributed by atoms with Crippen molar-refractivity contribution in [2.24, 2.45) is 28.6 Å². The molecule has 4 aliphatic carbocycles. The van der Waals surface area contributed by atoms with Crippen molar-refractivity contribution in [2.75, 3.05) is 5.75 Å². The van der Waals surface area contributed by atoms with Gasteiger partial charge in [0.15, 0.2) is 28.6 Å². The van der Waals surface area contributed by atoms with E-state index >= 15 is 0 Å². The van der Waals surface area contributed by atoms with Crippen LogP contribution >= 0.6 is 11.8 Å². The number of nitrogens with zero attached hydrogens (tertiary/aromatic N) is 3. The van der Waals surface area contributed by atoms with E-state index in [1.54, 1.807) is 12.2 Å². The first kappa shape index (κ1) is 29.9. The summed E-state index contributed by atoms with van der Waals surface area (Å²) >= 11 is 1.40. The van der Waals surface area contributed by atoms with E-state index in [9.17, 15) is 20.0 Å². The molecule has 0 spiro atoms. The van der Waals surface area contributed by atoms with Gasteiger partial charge in [-0.25, -0.2) is 4.98 Å². The molecule has 4 fully saturated rings. The van der Waals surface area contributed by atoms with Crippen LogP contribution in [0.4, 0.5) is 0 Å². The number of aromatic nitrogens is 2. The Balaban J connectivity index is 1.22. The standard InChI is InChI=1S/C35H41N3O5S/c1-4-8-30-42-29-18-24-23-12-11-21-17-22(39)13-14-33(21,2)31(23)27(40)19-34(24,3)35(29,43-30)28(41)20-44-32-37-25-9-5-6-10-26(25)38(32)16-7-15-36/h5-6,9-10,13-14,17,23-24,27,29-31,40H,4,7-8,11-12,16,18-20H2,1-3H3/t23?,24?,27-,29+,30+,31?,33?,34?,35+/m0/s1. The molecule has 1 aliphatic heterocycles. The van der Waals surface area contributed by atoms with Crippen LogP contribution in [0.2, 0.25) is 0 Å². The molecule has 3 saturated carbocycles. The number of hydrogen-bond acceptors (Lipinski definition) is 8. The molecular formula is C35H41N3O5S. The van der Waals surface area contributed by atoms with Crippen molar-refractivity contribution in [3.63, 3.8) is 0 Å². The van der Waals surface area contributed by atoms with Gasteiger partial charge in [0.05, 0.1) is 41.5 Å². The first-order valence-corrected chi connectivity index (χ1v) is 17.1. The van der Waals surface area contributed by atoms with Gasteiger partial charge in [-0.2, -0.15) is 5.26 Å². The third-order valence-corrected chi connectivity index (χ3v) is 12.6. The van der Waals surface area contributed by atoms with Gasteiger partial charge in [-0.15, -0.1) is 0 Å². The molecule has 44 heavy (non-hydrogen) atoms. The van der Waals surface area contributed by atoms with E-state index in [1.165, 1.54) is 11.8 Å². The number of allylic oxidation sites excluding steroid dienone is 4. The smallest absolute Gasteiger partial charge is 0.178 e. The molecule has 0 amide bonds. The highest BCUT2D eigenvalue weighted by molar-refractivity contribution is 7.99. The summed E-state index contributed by atoms with van der Waals surface area (Å²) in [6, 6.07) is 10.1. The fourth-order valence-corrected chi connectivity index (χ4v) is 10.8. The fourth-order valence-electron chi connectivity index (χ4n) is 9.78. The van der Waals surface area contributed by atoms with E-state index in [-0.39, 0.29) is 46.6 Å². The van der Waals surface area contributed by atoms with Crippen molar-refractivity contribution < 1.29 is 24.2 Å². The molecule has 2 aromatic rings. The summed E-state index contributed by atoms with van der Waals surface area (Å²) in [5, 5.41) is 22.0. The molecule has 1 aromatic heterocycles. The van der Waals surface area contributed by atoms with Crippen molar-refractivity contribution in [3.05, 3.63) is 48.1 Å². The van der Waals surface area contributed by atoms with E-state index in [4.69, 9.17) is 14.5 Å². The van der Waals surface area contributed by atoms with Gasteiger partial charge in [0, 0.05) is 23.3 Å². The first-order chi connectivity index (χ1) is 21.2.